The zero-order valence-corrected chi connectivity index (χ0v) is 23.1. The van der Waals surface area contributed by atoms with Crippen LogP contribution < -0.4 is 4.74 Å². The second-order valence-electron chi connectivity index (χ2n) is 10.5. The molecule has 1 unspecified atom stereocenters. The predicted octanol–water partition coefficient (Wildman–Crippen LogP) is 6.91. The van der Waals surface area contributed by atoms with Crippen LogP contribution in [-0.2, 0) is 16.0 Å². The first kappa shape index (κ1) is 27.0. The minimum Gasteiger partial charge on any atom is -0.496 e. The van der Waals surface area contributed by atoms with Crippen molar-refractivity contribution in [3.05, 3.63) is 63.8 Å². The molecule has 8 heteroatoms. The van der Waals surface area contributed by atoms with Gasteiger partial charge in [0.25, 0.3) is 0 Å². The van der Waals surface area contributed by atoms with Crippen molar-refractivity contribution in [2.45, 2.75) is 65.1 Å². The molecule has 198 valence electrons. The topological polar surface area (TPSA) is 70.0 Å². The summed E-state index contributed by atoms with van der Waals surface area (Å²) in [6.07, 6.45) is 4.48. The van der Waals surface area contributed by atoms with E-state index in [1.807, 2.05) is 45.9 Å². The molecule has 1 aliphatic rings. The van der Waals surface area contributed by atoms with Gasteiger partial charge in [0, 0.05) is 34.8 Å². The summed E-state index contributed by atoms with van der Waals surface area (Å²) in [7, 11) is 3.03. The van der Waals surface area contributed by atoms with Crippen LogP contribution in [0.3, 0.4) is 0 Å². The van der Waals surface area contributed by atoms with E-state index in [4.69, 9.17) is 25.8 Å². The average Bonchev–Trinajstić information content (AvgIpc) is 3.31. The summed E-state index contributed by atoms with van der Waals surface area (Å²) in [6, 6.07) is 9.41. The molecule has 0 amide bonds. The Labute approximate surface area is 223 Å². The summed E-state index contributed by atoms with van der Waals surface area (Å²) in [5.41, 5.74) is 3.59. The Kier molecular flexibility index (Phi) is 7.85. The molecule has 7 nitrogen and oxygen atoms in total. The molecule has 0 radical (unpaired) electrons. The van der Waals surface area contributed by atoms with Gasteiger partial charge < -0.3 is 14.2 Å². The summed E-state index contributed by atoms with van der Waals surface area (Å²) in [5.74, 6) is 0.374. The summed E-state index contributed by atoms with van der Waals surface area (Å²) in [5, 5.41) is 1.51. The number of hydrogen-bond acceptors (Lipinski definition) is 6. The Balaban J connectivity index is 1.73. The second-order valence-corrected chi connectivity index (χ2v) is 10.9. The van der Waals surface area contributed by atoms with Crippen LogP contribution in [0.2, 0.25) is 5.02 Å². The van der Waals surface area contributed by atoms with E-state index in [9.17, 15) is 9.59 Å². The number of aromatic nitrogens is 1. The molecule has 1 aromatic heterocycles. The molecule has 1 aliphatic heterocycles. The molecule has 37 heavy (non-hydrogen) atoms. The van der Waals surface area contributed by atoms with Crippen molar-refractivity contribution < 1.29 is 23.8 Å². The van der Waals surface area contributed by atoms with Crippen molar-refractivity contribution in [3.8, 4) is 5.75 Å². The van der Waals surface area contributed by atoms with Gasteiger partial charge in [0.2, 0.25) is 0 Å². The second kappa shape index (κ2) is 10.8. The molecule has 1 fully saturated rings. The van der Waals surface area contributed by atoms with Gasteiger partial charge in [-0.3, -0.25) is 9.47 Å². The van der Waals surface area contributed by atoms with Crippen LogP contribution in [0.25, 0.3) is 10.9 Å². The van der Waals surface area contributed by atoms with Crippen molar-refractivity contribution in [2.24, 2.45) is 0 Å². The summed E-state index contributed by atoms with van der Waals surface area (Å²) >= 11 is 6.68. The Morgan fingerprint density at radius 1 is 1.11 bits per heavy atom. The van der Waals surface area contributed by atoms with Crippen molar-refractivity contribution >= 4 is 34.6 Å². The Bertz CT molecular complexity index is 1320. The monoisotopic (exact) mass is 526 g/mol. The van der Waals surface area contributed by atoms with E-state index in [0.29, 0.717) is 17.1 Å². The van der Waals surface area contributed by atoms with E-state index in [-0.39, 0.29) is 6.04 Å². The van der Waals surface area contributed by atoms with Gasteiger partial charge in [-0.25, -0.2) is 9.59 Å². The van der Waals surface area contributed by atoms with E-state index >= 15 is 0 Å². The van der Waals surface area contributed by atoms with Crippen LogP contribution in [0, 0.1) is 6.92 Å². The van der Waals surface area contributed by atoms with Crippen LogP contribution >= 0.6 is 11.6 Å². The lowest BCUT2D eigenvalue weighted by Crippen LogP contribution is -2.33. The number of halogens is 1. The predicted molar refractivity (Wildman–Crippen MR) is 145 cm³/mol. The largest absolute Gasteiger partial charge is 0.496 e. The lowest BCUT2D eigenvalue weighted by atomic mass is 9.93. The smallest absolute Gasteiger partial charge is 0.419 e. The third-order valence-corrected chi connectivity index (χ3v) is 7.12. The molecule has 2 heterocycles. The molecule has 0 N–H and O–H groups in total. The molecule has 0 aliphatic carbocycles. The van der Waals surface area contributed by atoms with E-state index in [1.165, 1.54) is 7.11 Å². The molecular weight excluding hydrogens is 492 g/mol. The maximum Gasteiger partial charge on any atom is 0.419 e. The number of hydrogen-bond donors (Lipinski definition) is 0. The van der Waals surface area contributed by atoms with Crippen LogP contribution in [-0.4, -0.2) is 47.9 Å². The standard InChI is InChI=1S/C29H35ClN2O5/c1-18-15-25(35-5)22(20-12-14-32(26(18)20)28(34)37-29(2,3)4)17-31-13-8-7-9-24(31)21-11-10-19(16-23(21)30)27(33)36-6/h10-12,14-16,24H,7-9,13,17H2,1-6H3. The molecule has 0 saturated carbocycles. The number of carbonyl (C=O) groups excluding carboxylic acids is 2. The maximum atomic E-state index is 13.0. The van der Waals surface area contributed by atoms with Crippen LogP contribution in [0.4, 0.5) is 4.79 Å². The first-order chi connectivity index (χ1) is 17.5. The van der Waals surface area contributed by atoms with Gasteiger partial charge in [-0.1, -0.05) is 24.1 Å². The van der Waals surface area contributed by atoms with Crippen LogP contribution in [0.15, 0.2) is 36.5 Å². The van der Waals surface area contributed by atoms with Gasteiger partial charge in [-0.2, -0.15) is 0 Å². The third-order valence-electron chi connectivity index (χ3n) is 6.80. The highest BCUT2D eigenvalue weighted by Gasteiger charge is 2.29. The Morgan fingerprint density at radius 2 is 1.86 bits per heavy atom. The maximum absolute atomic E-state index is 13.0. The van der Waals surface area contributed by atoms with Crippen molar-refractivity contribution in [2.75, 3.05) is 20.8 Å². The molecule has 0 spiro atoms. The summed E-state index contributed by atoms with van der Waals surface area (Å²) in [4.78, 5) is 27.3. The summed E-state index contributed by atoms with van der Waals surface area (Å²) < 4.78 is 17.9. The number of nitrogens with zero attached hydrogens (tertiary/aromatic N) is 2. The molecule has 1 saturated heterocycles. The van der Waals surface area contributed by atoms with Crippen molar-refractivity contribution in [3.63, 3.8) is 0 Å². The Hall–Kier alpha value is -3.03. The first-order valence-corrected chi connectivity index (χ1v) is 12.9. The van der Waals surface area contributed by atoms with Gasteiger partial charge in [0.15, 0.2) is 0 Å². The quantitative estimate of drug-likeness (QED) is 0.336. The Morgan fingerprint density at radius 3 is 2.51 bits per heavy atom. The van der Waals surface area contributed by atoms with Crippen molar-refractivity contribution in [1.82, 2.24) is 9.47 Å². The number of methoxy groups -OCH3 is 2. The average molecular weight is 527 g/mol. The zero-order valence-electron chi connectivity index (χ0n) is 22.4. The fraction of sp³-hybridized carbons (Fsp3) is 0.448. The number of benzene rings is 2. The fourth-order valence-electron chi connectivity index (χ4n) is 5.15. The highest BCUT2D eigenvalue weighted by atomic mass is 35.5. The fourth-order valence-corrected chi connectivity index (χ4v) is 5.46. The van der Waals surface area contributed by atoms with E-state index in [2.05, 4.69) is 4.90 Å². The number of esters is 1. The van der Waals surface area contributed by atoms with Gasteiger partial charge in [0.05, 0.1) is 25.3 Å². The van der Waals surface area contributed by atoms with Gasteiger partial charge in [-0.15, -0.1) is 0 Å². The first-order valence-electron chi connectivity index (χ1n) is 12.6. The minimum absolute atomic E-state index is 0.0851. The number of aryl methyl sites for hydroxylation is 1. The SMILES string of the molecule is COC(=O)c1ccc(C2CCCCN2Cc2c(OC)cc(C)c3c2ccn3C(=O)OC(C)(C)C)c(Cl)c1. The van der Waals surface area contributed by atoms with Crippen LogP contribution in [0.1, 0.15) is 73.1 Å². The van der Waals surface area contributed by atoms with Gasteiger partial charge in [-0.05, 0) is 82.5 Å². The molecule has 1 atom stereocenters. The highest BCUT2D eigenvalue weighted by molar-refractivity contribution is 6.31. The molecule has 4 rings (SSSR count). The number of ether oxygens (including phenoxy) is 3. The molecule has 2 aromatic carbocycles. The van der Waals surface area contributed by atoms with E-state index in [0.717, 1.165) is 59.2 Å². The van der Waals surface area contributed by atoms with Gasteiger partial charge in [0.1, 0.15) is 11.4 Å². The number of carbonyl (C=O) groups is 2. The lowest BCUT2D eigenvalue weighted by Gasteiger charge is -2.37. The molecule has 0 bridgehead atoms. The normalized spacial score (nSPS) is 16.6. The number of piperidine rings is 1. The molecule has 3 aromatic rings. The van der Waals surface area contributed by atoms with E-state index in [1.54, 1.807) is 30.0 Å². The number of likely N-dealkylation sites (tertiary alicyclic amines) is 1. The van der Waals surface area contributed by atoms with Crippen LogP contribution in [0.5, 0.6) is 5.75 Å². The third kappa shape index (κ3) is 5.63. The zero-order chi connectivity index (χ0) is 26.9. The summed E-state index contributed by atoms with van der Waals surface area (Å²) in [6.45, 7) is 9.07. The number of rotatable bonds is 5. The van der Waals surface area contributed by atoms with Gasteiger partial charge >= 0.3 is 12.1 Å². The molecular formula is C29H35ClN2O5. The lowest BCUT2D eigenvalue weighted by molar-refractivity contribution is 0.0542. The number of fused-ring (bicyclic) bond motifs is 1. The minimum atomic E-state index is -0.597. The van der Waals surface area contributed by atoms with E-state index < -0.39 is 17.7 Å². The highest BCUT2D eigenvalue weighted by Crippen LogP contribution is 2.39. The van der Waals surface area contributed by atoms with Crippen molar-refractivity contribution in [1.29, 1.82) is 0 Å².